The summed E-state index contributed by atoms with van der Waals surface area (Å²) in [6, 6.07) is 0. The second-order valence-electron chi connectivity index (χ2n) is 5.71. The number of methoxy groups -OCH3 is 1. The SMILES string of the molecule is CCCCCC(C)(CN)N1CCC(COC)C1. The zero-order valence-electron chi connectivity index (χ0n) is 11.9. The molecule has 2 unspecified atom stereocenters. The molecule has 1 aliphatic rings. The highest BCUT2D eigenvalue weighted by molar-refractivity contribution is 4.92. The normalized spacial score (nSPS) is 25.1. The van der Waals surface area contributed by atoms with E-state index >= 15 is 0 Å². The van der Waals surface area contributed by atoms with Crippen molar-refractivity contribution in [3.8, 4) is 0 Å². The van der Waals surface area contributed by atoms with Crippen LogP contribution in [0.3, 0.4) is 0 Å². The molecule has 0 spiro atoms. The predicted octanol–water partition coefficient (Wildman–Crippen LogP) is 2.25. The third-order valence-corrected chi connectivity index (χ3v) is 4.21. The van der Waals surface area contributed by atoms with Crippen molar-refractivity contribution in [3.63, 3.8) is 0 Å². The molecule has 3 heteroatoms. The van der Waals surface area contributed by atoms with Crippen LogP contribution in [0.5, 0.6) is 0 Å². The third kappa shape index (κ3) is 4.23. The van der Waals surface area contributed by atoms with Crippen molar-refractivity contribution < 1.29 is 4.74 Å². The van der Waals surface area contributed by atoms with E-state index in [9.17, 15) is 0 Å². The van der Waals surface area contributed by atoms with Crippen LogP contribution < -0.4 is 5.73 Å². The molecule has 102 valence electrons. The summed E-state index contributed by atoms with van der Waals surface area (Å²) < 4.78 is 5.26. The highest BCUT2D eigenvalue weighted by Crippen LogP contribution is 2.28. The molecule has 0 bridgehead atoms. The Morgan fingerprint density at radius 3 is 2.76 bits per heavy atom. The standard InChI is InChI=1S/C14H30N2O/c1-4-5-6-8-14(2,12-15)16-9-7-13(10-16)11-17-3/h13H,4-12,15H2,1-3H3. The second-order valence-corrected chi connectivity index (χ2v) is 5.71. The molecule has 1 heterocycles. The van der Waals surface area contributed by atoms with Gasteiger partial charge in [-0.3, -0.25) is 4.90 Å². The van der Waals surface area contributed by atoms with Crippen LogP contribution in [0.2, 0.25) is 0 Å². The topological polar surface area (TPSA) is 38.5 Å². The number of nitrogens with two attached hydrogens (primary N) is 1. The van der Waals surface area contributed by atoms with Gasteiger partial charge in [-0.1, -0.05) is 26.2 Å². The molecule has 2 atom stereocenters. The van der Waals surface area contributed by atoms with Gasteiger partial charge in [0.25, 0.3) is 0 Å². The summed E-state index contributed by atoms with van der Waals surface area (Å²) in [6.07, 6.45) is 6.40. The molecule has 0 aromatic rings. The van der Waals surface area contributed by atoms with Gasteiger partial charge in [0.15, 0.2) is 0 Å². The summed E-state index contributed by atoms with van der Waals surface area (Å²) in [4.78, 5) is 2.59. The van der Waals surface area contributed by atoms with E-state index in [1.165, 1.54) is 38.6 Å². The predicted molar refractivity (Wildman–Crippen MR) is 73.2 cm³/mol. The van der Waals surface area contributed by atoms with E-state index in [0.717, 1.165) is 19.7 Å². The molecular weight excluding hydrogens is 212 g/mol. The number of likely N-dealkylation sites (tertiary alicyclic amines) is 1. The van der Waals surface area contributed by atoms with E-state index in [1.54, 1.807) is 7.11 Å². The van der Waals surface area contributed by atoms with Gasteiger partial charge in [0, 0.05) is 25.7 Å². The van der Waals surface area contributed by atoms with Gasteiger partial charge in [0.2, 0.25) is 0 Å². The first-order chi connectivity index (χ1) is 8.16. The average Bonchev–Trinajstić information content (AvgIpc) is 2.79. The third-order valence-electron chi connectivity index (χ3n) is 4.21. The highest BCUT2D eigenvalue weighted by Gasteiger charge is 2.35. The van der Waals surface area contributed by atoms with E-state index in [4.69, 9.17) is 10.5 Å². The van der Waals surface area contributed by atoms with Gasteiger partial charge >= 0.3 is 0 Å². The number of rotatable bonds is 8. The molecule has 2 N–H and O–H groups in total. The van der Waals surface area contributed by atoms with Gasteiger partial charge in [0.05, 0.1) is 6.61 Å². The Hall–Kier alpha value is -0.120. The summed E-state index contributed by atoms with van der Waals surface area (Å²) in [6.45, 7) is 8.60. The lowest BCUT2D eigenvalue weighted by atomic mass is 9.92. The smallest absolute Gasteiger partial charge is 0.0503 e. The summed E-state index contributed by atoms with van der Waals surface area (Å²) in [5.41, 5.74) is 6.22. The summed E-state index contributed by atoms with van der Waals surface area (Å²) in [7, 11) is 1.80. The van der Waals surface area contributed by atoms with Crippen LogP contribution in [0.1, 0.15) is 46.0 Å². The molecule has 0 saturated carbocycles. The van der Waals surface area contributed by atoms with Gasteiger partial charge < -0.3 is 10.5 Å². The Bertz CT molecular complexity index is 210. The van der Waals surface area contributed by atoms with Crippen molar-refractivity contribution in [2.75, 3.05) is 33.4 Å². The van der Waals surface area contributed by atoms with Crippen molar-refractivity contribution in [1.82, 2.24) is 4.90 Å². The second kappa shape index (κ2) is 7.34. The highest BCUT2D eigenvalue weighted by atomic mass is 16.5. The van der Waals surface area contributed by atoms with E-state index in [1.807, 2.05) is 0 Å². The number of nitrogens with zero attached hydrogens (tertiary/aromatic N) is 1. The van der Waals surface area contributed by atoms with E-state index < -0.39 is 0 Å². The maximum atomic E-state index is 6.02. The fraction of sp³-hybridized carbons (Fsp3) is 1.00. The number of ether oxygens (including phenoxy) is 1. The molecule has 0 aromatic carbocycles. The maximum Gasteiger partial charge on any atom is 0.0503 e. The Labute approximate surface area is 107 Å². The van der Waals surface area contributed by atoms with Crippen molar-refractivity contribution in [1.29, 1.82) is 0 Å². The van der Waals surface area contributed by atoms with Crippen LogP contribution in [0.25, 0.3) is 0 Å². The Balaban J connectivity index is 2.43. The Kier molecular flexibility index (Phi) is 6.45. The first kappa shape index (κ1) is 14.9. The van der Waals surface area contributed by atoms with Crippen LogP contribution in [0.4, 0.5) is 0 Å². The van der Waals surface area contributed by atoms with Crippen LogP contribution in [-0.4, -0.2) is 43.8 Å². The van der Waals surface area contributed by atoms with Crippen molar-refractivity contribution >= 4 is 0 Å². The summed E-state index contributed by atoms with van der Waals surface area (Å²) >= 11 is 0. The fourth-order valence-electron chi connectivity index (χ4n) is 2.84. The van der Waals surface area contributed by atoms with E-state index in [2.05, 4.69) is 18.7 Å². The first-order valence-electron chi connectivity index (χ1n) is 7.10. The summed E-state index contributed by atoms with van der Waals surface area (Å²) in [5, 5.41) is 0. The van der Waals surface area contributed by atoms with Crippen LogP contribution in [-0.2, 0) is 4.74 Å². The molecule has 17 heavy (non-hydrogen) atoms. The van der Waals surface area contributed by atoms with Crippen LogP contribution in [0.15, 0.2) is 0 Å². The van der Waals surface area contributed by atoms with Crippen LogP contribution in [0, 0.1) is 5.92 Å². The monoisotopic (exact) mass is 242 g/mol. The largest absolute Gasteiger partial charge is 0.384 e. The zero-order chi connectivity index (χ0) is 12.7. The molecule has 1 aliphatic heterocycles. The number of hydrogen-bond donors (Lipinski definition) is 1. The Morgan fingerprint density at radius 1 is 1.41 bits per heavy atom. The van der Waals surface area contributed by atoms with Crippen LogP contribution >= 0.6 is 0 Å². The van der Waals surface area contributed by atoms with E-state index in [0.29, 0.717) is 5.92 Å². The number of hydrogen-bond acceptors (Lipinski definition) is 3. The van der Waals surface area contributed by atoms with Gasteiger partial charge in [-0.05, 0) is 32.2 Å². The van der Waals surface area contributed by atoms with Gasteiger partial charge in [0.1, 0.15) is 0 Å². The van der Waals surface area contributed by atoms with Crippen molar-refractivity contribution in [2.24, 2.45) is 11.7 Å². The van der Waals surface area contributed by atoms with Crippen molar-refractivity contribution in [3.05, 3.63) is 0 Å². The zero-order valence-corrected chi connectivity index (χ0v) is 11.9. The first-order valence-corrected chi connectivity index (χ1v) is 7.10. The lowest BCUT2D eigenvalue weighted by Crippen LogP contribution is -2.50. The lowest BCUT2D eigenvalue weighted by Gasteiger charge is -2.38. The minimum absolute atomic E-state index is 0.206. The summed E-state index contributed by atoms with van der Waals surface area (Å²) in [5.74, 6) is 0.706. The maximum absolute atomic E-state index is 6.02. The minimum Gasteiger partial charge on any atom is -0.384 e. The van der Waals surface area contributed by atoms with Gasteiger partial charge in [-0.15, -0.1) is 0 Å². The fourth-order valence-corrected chi connectivity index (χ4v) is 2.84. The molecule has 0 amide bonds. The average molecular weight is 242 g/mol. The molecule has 0 aromatic heterocycles. The Morgan fingerprint density at radius 2 is 2.18 bits per heavy atom. The van der Waals surface area contributed by atoms with Gasteiger partial charge in [-0.2, -0.15) is 0 Å². The van der Waals surface area contributed by atoms with E-state index in [-0.39, 0.29) is 5.54 Å². The number of unbranched alkanes of at least 4 members (excludes halogenated alkanes) is 2. The molecule has 0 radical (unpaired) electrons. The molecule has 1 saturated heterocycles. The molecule has 0 aliphatic carbocycles. The van der Waals surface area contributed by atoms with Crippen molar-refractivity contribution in [2.45, 2.75) is 51.5 Å². The molecular formula is C14H30N2O. The quantitative estimate of drug-likeness (QED) is 0.664. The minimum atomic E-state index is 0.206. The molecule has 3 nitrogen and oxygen atoms in total. The molecule has 1 rings (SSSR count). The lowest BCUT2D eigenvalue weighted by molar-refractivity contribution is 0.107. The molecule has 1 fully saturated rings. The van der Waals surface area contributed by atoms with Gasteiger partial charge in [-0.25, -0.2) is 0 Å².